The Hall–Kier alpha value is -4.94. The lowest BCUT2D eigenvalue weighted by molar-refractivity contribution is -0.124. The number of benzene rings is 1. The Morgan fingerprint density at radius 2 is 1.93 bits per heavy atom. The molecule has 1 aliphatic heterocycles. The second-order valence-corrected chi connectivity index (χ2v) is 11.7. The highest BCUT2D eigenvalue weighted by molar-refractivity contribution is 6.14. The molecule has 0 spiro atoms. The zero-order valence-electron chi connectivity index (χ0n) is 24.5. The van der Waals surface area contributed by atoms with Gasteiger partial charge in [-0.3, -0.25) is 19.4 Å². The van der Waals surface area contributed by atoms with Crippen molar-refractivity contribution in [3.8, 4) is 0 Å². The molecule has 0 radical (unpaired) electrons. The van der Waals surface area contributed by atoms with Crippen LogP contribution in [0.3, 0.4) is 0 Å². The third-order valence-corrected chi connectivity index (χ3v) is 8.29. The third kappa shape index (κ3) is 5.15. The van der Waals surface area contributed by atoms with E-state index in [1.165, 1.54) is 11.9 Å². The van der Waals surface area contributed by atoms with E-state index in [-0.39, 0.29) is 36.2 Å². The summed E-state index contributed by atoms with van der Waals surface area (Å²) in [6, 6.07) is 7.32. The number of hydrogen-bond donors (Lipinski definition) is 2. The number of aromatic amines is 1. The fourth-order valence-electron chi connectivity index (χ4n) is 5.64. The molecule has 1 saturated heterocycles. The minimum absolute atomic E-state index is 0.00498. The monoisotopic (exact) mass is 580 g/mol. The fraction of sp³-hybridized carbons (Fsp3) is 0.400. The minimum atomic E-state index is -0.351. The first-order valence-corrected chi connectivity index (χ1v) is 14.4. The van der Waals surface area contributed by atoms with Crippen molar-refractivity contribution in [2.24, 2.45) is 5.92 Å². The van der Waals surface area contributed by atoms with Crippen LogP contribution in [0.2, 0.25) is 0 Å². The van der Waals surface area contributed by atoms with E-state index in [1.54, 1.807) is 19.2 Å². The quantitative estimate of drug-likeness (QED) is 0.299. The van der Waals surface area contributed by atoms with Gasteiger partial charge in [-0.15, -0.1) is 0 Å². The van der Waals surface area contributed by atoms with Gasteiger partial charge >= 0.3 is 6.03 Å². The summed E-state index contributed by atoms with van der Waals surface area (Å²) < 4.78 is 0. The van der Waals surface area contributed by atoms with Gasteiger partial charge in [0.05, 0.1) is 17.7 Å². The summed E-state index contributed by atoms with van der Waals surface area (Å²) in [5, 5.41) is 2.95. The first kappa shape index (κ1) is 26.9. The molecule has 4 aromatic rings. The Kier molecular flexibility index (Phi) is 6.33. The van der Waals surface area contributed by atoms with Crippen molar-refractivity contribution in [2.75, 3.05) is 35.8 Å². The summed E-state index contributed by atoms with van der Waals surface area (Å²) in [5.41, 5.74) is 4.13. The molecule has 2 unspecified atom stereocenters. The molecule has 4 amide bonds. The second-order valence-electron chi connectivity index (χ2n) is 11.7. The van der Waals surface area contributed by atoms with E-state index in [1.807, 2.05) is 31.0 Å². The topological polar surface area (TPSA) is 153 Å². The van der Waals surface area contributed by atoms with E-state index in [9.17, 15) is 14.4 Å². The SMILES string of the molecule is Cc1ccnc(C2CC2C(=O)Nc2cc(N(C)Cc3nc4c(N5CC(=O)N(C)C5=O)cc(C5CC5)cc4[nH]3)nc(C)n2)n1. The minimum Gasteiger partial charge on any atom is -0.352 e. The predicted octanol–water partition coefficient (Wildman–Crippen LogP) is 3.41. The van der Waals surface area contributed by atoms with Crippen LogP contribution in [-0.2, 0) is 16.1 Å². The van der Waals surface area contributed by atoms with Crippen LogP contribution in [0.4, 0.5) is 22.1 Å². The van der Waals surface area contributed by atoms with Gasteiger partial charge in [0.1, 0.15) is 41.2 Å². The number of aromatic nitrogens is 6. The Labute approximate surface area is 247 Å². The van der Waals surface area contributed by atoms with Crippen LogP contribution in [-0.4, -0.2) is 73.3 Å². The number of rotatable bonds is 8. The highest BCUT2D eigenvalue weighted by Crippen LogP contribution is 2.46. The lowest BCUT2D eigenvalue weighted by Gasteiger charge is -2.18. The smallest absolute Gasteiger partial charge is 0.331 e. The van der Waals surface area contributed by atoms with Crippen LogP contribution in [0.25, 0.3) is 11.0 Å². The van der Waals surface area contributed by atoms with Crippen molar-refractivity contribution in [3.63, 3.8) is 0 Å². The molecule has 2 aliphatic carbocycles. The Bertz CT molecular complexity index is 1800. The number of nitrogens with zero attached hydrogens (tertiary/aromatic N) is 8. The number of hydrogen-bond acceptors (Lipinski definition) is 9. The fourth-order valence-corrected chi connectivity index (χ4v) is 5.64. The average molecular weight is 581 g/mol. The van der Waals surface area contributed by atoms with Gasteiger partial charge in [0.2, 0.25) is 11.8 Å². The molecule has 220 valence electrons. The Morgan fingerprint density at radius 3 is 2.65 bits per heavy atom. The third-order valence-electron chi connectivity index (χ3n) is 8.29. The standard InChI is InChI=1S/C30H32N10O3/c1-15-7-8-31-28(32-15)19-11-20(19)29(42)37-23-12-25(34-16(2)33-23)38(3)13-24-35-21-9-18(17-5-6-17)10-22(27(21)36-24)40-14-26(41)39(4)30(40)43/h7-10,12,17,19-20H,5-6,11,13-14H2,1-4H3,(H,35,36)(H,33,34,37,42). The zero-order valence-corrected chi connectivity index (χ0v) is 24.5. The van der Waals surface area contributed by atoms with Crippen molar-refractivity contribution in [3.05, 3.63) is 59.2 Å². The molecule has 4 heterocycles. The first-order chi connectivity index (χ1) is 20.6. The number of amides is 4. The average Bonchev–Trinajstić information content (AvgIpc) is 3.89. The van der Waals surface area contributed by atoms with E-state index in [2.05, 4.69) is 36.3 Å². The molecule has 3 aromatic heterocycles. The van der Waals surface area contributed by atoms with Crippen molar-refractivity contribution in [2.45, 2.75) is 51.5 Å². The summed E-state index contributed by atoms with van der Waals surface area (Å²) >= 11 is 0. The summed E-state index contributed by atoms with van der Waals surface area (Å²) in [5.74, 6) is 2.87. The largest absolute Gasteiger partial charge is 0.352 e. The maximum absolute atomic E-state index is 13.0. The lowest BCUT2D eigenvalue weighted by atomic mass is 10.1. The lowest BCUT2D eigenvalue weighted by Crippen LogP contribution is -2.30. The van der Waals surface area contributed by atoms with E-state index in [4.69, 9.17) is 4.98 Å². The normalized spacial score (nSPS) is 19.8. The van der Waals surface area contributed by atoms with Crippen LogP contribution < -0.4 is 15.1 Å². The molecule has 3 aliphatic rings. The highest BCUT2D eigenvalue weighted by atomic mass is 16.2. The van der Waals surface area contributed by atoms with E-state index in [0.717, 1.165) is 34.5 Å². The number of imide groups is 1. The van der Waals surface area contributed by atoms with Gasteiger partial charge in [0.25, 0.3) is 0 Å². The second kappa shape index (κ2) is 10.1. The van der Waals surface area contributed by atoms with Crippen LogP contribution in [0.5, 0.6) is 0 Å². The molecule has 0 bridgehead atoms. The van der Waals surface area contributed by atoms with Gasteiger partial charge < -0.3 is 15.2 Å². The summed E-state index contributed by atoms with van der Waals surface area (Å²) in [4.78, 5) is 68.8. The number of carbonyl (C=O) groups excluding carboxylic acids is 3. The molecule has 3 fully saturated rings. The number of carbonyl (C=O) groups is 3. The van der Waals surface area contributed by atoms with Gasteiger partial charge in [-0.05, 0) is 62.8 Å². The van der Waals surface area contributed by atoms with Gasteiger partial charge in [0, 0.05) is 43.9 Å². The molecule has 1 aromatic carbocycles. The Balaban J connectivity index is 1.10. The number of aryl methyl sites for hydroxylation is 2. The molecular weight excluding hydrogens is 548 g/mol. The Morgan fingerprint density at radius 1 is 1.12 bits per heavy atom. The first-order valence-electron chi connectivity index (χ1n) is 14.4. The maximum atomic E-state index is 13.0. The molecule has 2 N–H and O–H groups in total. The van der Waals surface area contributed by atoms with Gasteiger partial charge in [-0.1, -0.05) is 0 Å². The highest BCUT2D eigenvalue weighted by Gasteiger charge is 2.46. The van der Waals surface area contributed by atoms with Gasteiger partial charge in [-0.25, -0.2) is 29.7 Å². The van der Waals surface area contributed by atoms with Crippen molar-refractivity contribution < 1.29 is 14.4 Å². The molecule has 2 atom stereocenters. The molecule has 7 rings (SSSR count). The van der Waals surface area contributed by atoms with Crippen LogP contribution >= 0.6 is 0 Å². The molecule has 43 heavy (non-hydrogen) atoms. The van der Waals surface area contributed by atoms with E-state index >= 15 is 0 Å². The summed E-state index contributed by atoms with van der Waals surface area (Å²) in [6.07, 6.45) is 4.64. The van der Waals surface area contributed by atoms with Gasteiger partial charge in [-0.2, -0.15) is 0 Å². The number of H-pyrrole nitrogens is 1. The number of nitrogens with one attached hydrogen (secondary N) is 2. The van der Waals surface area contributed by atoms with Crippen LogP contribution in [0.15, 0.2) is 30.5 Å². The zero-order chi connectivity index (χ0) is 30.0. The molecule has 13 heteroatoms. The maximum Gasteiger partial charge on any atom is 0.331 e. The molecule has 2 saturated carbocycles. The van der Waals surface area contributed by atoms with Crippen molar-refractivity contribution in [1.29, 1.82) is 0 Å². The number of likely N-dealkylation sites (N-methyl/N-ethyl adjacent to an activating group) is 1. The molecule has 13 nitrogen and oxygen atoms in total. The number of urea groups is 1. The van der Waals surface area contributed by atoms with Crippen molar-refractivity contribution >= 4 is 46.2 Å². The van der Waals surface area contributed by atoms with E-state index in [0.29, 0.717) is 59.2 Å². The molecular formula is C30H32N10O3. The number of imidazole rings is 1. The van der Waals surface area contributed by atoms with Crippen LogP contribution in [0, 0.1) is 19.8 Å². The number of anilines is 3. The number of fused-ring (bicyclic) bond motifs is 1. The van der Waals surface area contributed by atoms with Crippen LogP contribution in [0.1, 0.15) is 59.8 Å². The summed E-state index contributed by atoms with van der Waals surface area (Å²) in [6.45, 7) is 4.08. The summed E-state index contributed by atoms with van der Waals surface area (Å²) in [7, 11) is 3.39. The van der Waals surface area contributed by atoms with Crippen molar-refractivity contribution in [1.82, 2.24) is 34.8 Å². The van der Waals surface area contributed by atoms with Gasteiger partial charge in [0.15, 0.2) is 0 Å². The van der Waals surface area contributed by atoms with E-state index < -0.39 is 0 Å². The predicted molar refractivity (Wildman–Crippen MR) is 159 cm³/mol.